The number of benzene rings is 2. The molecule has 4 amide bonds. The van der Waals surface area contributed by atoms with Gasteiger partial charge in [-0.3, -0.25) is 19.6 Å². The molecule has 2 N–H and O–H groups in total. The lowest BCUT2D eigenvalue weighted by Crippen LogP contribution is -2.49. The first-order valence-electron chi connectivity index (χ1n) is 10.0. The summed E-state index contributed by atoms with van der Waals surface area (Å²) in [6.45, 7) is 1.67. The quantitative estimate of drug-likeness (QED) is 0.403. The molecule has 0 aliphatic carbocycles. The fourth-order valence-electron chi connectivity index (χ4n) is 3.37. The van der Waals surface area contributed by atoms with E-state index in [1.54, 1.807) is 17.8 Å². The maximum atomic E-state index is 12.9. The summed E-state index contributed by atoms with van der Waals surface area (Å²) in [7, 11) is 0. The number of nitrogens with zero attached hydrogens (tertiary/aromatic N) is 4. The van der Waals surface area contributed by atoms with Crippen molar-refractivity contribution in [3.63, 3.8) is 0 Å². The molecule has 0 radical (unpaired) electrons. The number of aromatic nitrogens is 3. The van der Waals surface area contributed by atoms with Crippen molar-refractivity contribution in [3.05, 3.63) is 72.6 Å². The van der Waals surface area contributed by atoms with Gasteiger partial charge in [0, 0.05) is 5.69 Å². The smallest absolute Gasteiger partial charge is 0.322 e. The molecule has 0 spiro atoms. The summed E-state index contributed by atoms with van der Waals surface area (Å²) in [5, 5.41) is 11.9. The highest BCUT2D eigenvalue weighted by Crippen LogP contribution is 2.23. The summed E-state index contributed by atoms with van der Waals surface area (Å²) < 4.78 is 1.76. The number of carbonyl (C=O) groups excluding carboxylic acids is 3. The predicted molar refractivity (Wildman–Crippen MR) is 119 cm³/mol. The average Bonchev–Trinajstić information content (AvgIpc) is 3.36. The molecule has 3 aromatic rings. The van der Waals surface area contributed by atoms with Gasteiger partial charge < -0.3 is 5.32 Å². The fraction of sp³-hybridized carbons (Fsp3) is 0.227. The molecule has 1 aromatic heterocycles. The Morgan fingerprint density at radius 2 is 1.78 bits per heavy atom. The third-order valence-electron chi connectivity index (χ3n) is 5.14. The van der Waals surface area contributed by atoms with E-state index in [1.165, 1.54) is 0 Å². The number of carbonyl (C=O) groups is 3. The van der Waals surface area contributed by atoms with E-state index in [1.807, 2.05) is 60.7 Å². The molecule has 1 fully saturated rings. The summed E-state index contributed by atoms with van der Waals surface area (Å²) in [6.07, 6.45) is 2.60. The summed E-state index contributed by atoms with van der Waals surface area (Å²) in [5.41, 5.74) is 3.26. The Bertz CT molecular complexity index is 1120. The second-order valence-corrected chi connectivity index (χ2v) is 8.47. The first-order chi connectivity index (χ1) is 15.5. The van der Waals surface area contributed by atoms with Crippen LogP contribution in [0.3, 0.4) is 0 Å². The first-order valence-corrected chi connectivity index (χ1v) is 11.0. The van der Waals surface area contributed by atoms with Crippen LogP contribution in [0.4, 0.5) is 4.79 Å². The van der Waals surface area contributed by atoms with Gasteiger partial charge in [-0.1, -0.05) is 60.3 Å². The monoisotopic (exact) mass is 450 g/mol. The van der Waals surface area contributed by atoms with Gasteiger partial charge in [0.15, 0.2) is 5.16 Å². The lowest BCUT2D eigenvalue weighted by molar-refractivity contribution is -0.138. The van der Waals surface area contributed by atoms with Gasteiger partial charge in [0.2, 0.25) is 5.91 Å². The number of imide groups is 1. The lowest BCUT2D eigenvalue weighted by atomic mass is 9.93. The molecule has 1 atom stereocenters. The number of thioether (sulfide) groups is 1. The SMILES string of the molecule is CC1(CCc2ccccc2)NC(=O)N(NC(=O)CSc2nncn2-c2ccccc2)C1=O. The van der Waals surface area contributed by atoms with Crippen LogP contribution >= 0.6 is 11.8 Å². The minimum Gasteiger partial charge on any atom is -0.322 e. The second kappa shape index (κ2) is 9.23. The first kappa shape index (κ1) is 21.6. The van der Waals surface area contributed by atoms with Crippen molar-refractivity contribution in [2.75, 3.05) is 5.75 Å². The molecule has 0 saturated carbocycles. The molecule has 4 rings (SSSR count). The molecule has 2 aromatic carbocycles. The molecular formula is C22H22N6O3S. The van der Waals surface area contributed by atoms with Gasteiger partial charge in [-0.25, -0.2) is 4.79 Å². The van der Waals surface area contributed by atoms with E-state index in [9.17, 15) is 14.4 Å². The van der Waals surface area contributed by atoms with E-state index in [-0.39, 0.29) is 5.75 Å². The minimum absolute atomic E-state index is 0.0384. The highest BCUT2D eigenvalue weighted by molar-refractivity contribution is 7.99. The topological polar surface area (TPSA) is 109 Å². The van der Waals surface area contributed by atoms with Crippen LogP contribution in [0.2, 0.25) is 0 Å². The van der Waals surface area contributed by atoms with Crippen LogP contribution in [0.1, 0.15) is 18.9 Å². The molecule has 0 bridgehead atoms. The number of rotatable bonds is 8. The van der Waals surface area contributed by atoms with E-state index in [0.29, 0.717) is 18.0 Å². The molecule has 32 heavy (non-hydrogen) atoms. The highest BCUT2D eigenvalue weighted by atomic mass is 32.2. The lowest BCUT2D eigenvalue weighted by Gasteiger charge is -2.21. The van der Waals surface area contributed by atoms with Gasteiger partial charge in [-0.05, 0) is 37.5 Å². The maximum Gasteiger partial charge on any atom is 0.344 e. The molecule has 1 aliphatic heterocycles. The molecule has 164 valence electrons. The number of aryl methyl sites for hydroxylation is 1. The van der Waals surface area contributed by atoms with Gasteiger partial charge in [0.1, 0.15) is 11.9 Å². The molecule has 10 heteroatoms. The van der Waals surface area contributed by atoms with Gasteiger partial charge in [-0.2, -0.15) is 5.01 Å². The van der Waals surface area contributed by atoms with E-state index in [2.05, 4.69) is 20.9 Å². The Labute approximate surface area is 189 Å². The van der Waals surface area contributed by atoms with E-state index in [4.69, 9.17) is 0 Å². The Balaban J connectivity index is 1.34. The summed E-state index contributed by atoms with van der Waals surface area (Å²) in [6, 6.07) is 18.6. The second-order valence-electron chi connectivity index (χ2n) is 7.53. The molecule has 1 saturated heterocycles. The Kier molecular flexibility index (Phi) is 6.22. The van der Waals surface area contributed by atoms with Crippen LogP contribution in [-0.2, 0) is 16.0 Å². The molecule has 2 heterocycles. The number of urea groups is 1. The van der Waals surface area contributed by atoms with Crippen LogP contribution in [0.15, 0.2) is 72.1 Å². The third kappa shape index (κ3) is 4.65. The Hall–Kier alpha value is -3.66. The van der Waals surface area contributed by atoms with Gasteiger partial charge in [0.05, 0.1) is 5.75 Å². The molecular weight excluding hydrogens is 428 g/mol. The number of para-hydroxylation sites is 1. The number of amides is 4. The van der Waals surface area contributed by atoms with Crippen molar-refractivity contribution in [1.82, 2.24) is 30.5 Å². The van der Waals surface area contributed by atoms with E-state index >= 15 is 0 Å². The van der Waals surface area contributed by atoms with E-state index in [0.717, 1.165) is 28.0 Å². The largest absolute Gasteiger partial charge is 0.344 e. The average molecular weight is 451 g/mol. The zero-order valence-electron chi connectivity index (χ0n) is 17.4. The summed E-state index contributed by atoms with van der Waals surface area (Å²) in [4.78, 5) is 37.7. The van der Waals surface area contributed by atoms with Crippen LogP contribution < -0.4 is 10.7 Å². The standard InChI is InChI=1S/C22H22N6O3S/c1-22(13-12-16-8-4-2-5-9-16)19(30)28(20(31)24-22)26-18(29)14-32-21-25-23-15-27(21)17-10-6-3-7-11-17/h2-11,15H,12-14H2,1H3,(H,24,31)(H,26,29). The Morgan fingerprint density at radius 3 is 2.50 bits per heavy atom. The zero-order chi connectivity index (χ0) is 22.6. The number of nitrogens with one attached hydrogen (secondary N) is 2. The summed E-state index contributed by atoms with van der Waals surface area (Å²) >= 11 is 1.16. The number of hydrogen-bond acceptors (Lipinski definition) is 6. The fourth-order valence-corrected chi connectivity index (χ4v) is 4.09. The number of hydrogen-bond donors (Lipinski definition) is 2. The van der Waals surface area contributed by atoms with Gasteiger partial charge in [-0.15, -0.1) is 10.2 Å². The van der Waals surface area contributed by atoms with Gasteiger partial charge >= 0.3 is 6.03 Å². The van der Waals surface area contributed by atoms with Crippen molar-refractivity contribution in [3.8, 4) is 5.69 Å². The highest BCUT2D eigenvalue weighted by Gasteiger charge is 2.48. The van der Waals surface area contributed by atoms with Crippen molar-refractivity contribution < 1.29 is 14.4 Å². The maximum absolute atomic E-state index is 12.9. The van der Waals surface area contributed by atoms with Crippen LogP contribution in [0.25, 0.3) is 5.69 Å². The van der Waals surface area contributed by atoms with Crippen LogP contribution in [-0.4, -0.2) is 48.9 Å². The molecule has 1 unspecified atom stereocenters. The zero-order valence-corrected chi connectivity index (χ0v) is 18.2. The summed E-state index contributed by atoms with van der Waals surface area (Å²) in [5.74, 6) is -1.01. The van der Waals surface area contributed by atoms with Crippen LogP contribution in [0, 0.1) is 0 Å². The minimum atomic E-state index is -1.08. The van der Waals surface area contributed by atoms with E-state index < -0.39 is 23.4 Å². The predicted octanol–water partition coefficient (Wildman–Crippen LogP) is 2.33. The third-order valence-corrected chi connectivity index (χ3v) is 6.08. The van der Waals surface area contributed by atoms with Crippen molar-refractivity contribution in [1.29, 1.82) is 0 Å². The van der Waals surface area contributed by atoms with Gasteiger partial charge in [0.25, 0.3) is 5.91 Å². The number of hydrazine groups is 1. The molecule has 9 nitrogen and oxygen atoms in total. The van der Waals surface area contributed by atoms with Crippen LogP contribution in [0.5, 0.6) is 0 Å². The van der Waals surface area contributed by atoms with Crippen molar-refractivity contribution in [2.24, 2.45) is 0 Å². The van der Waals surface area contributed by atoms with Crippen molar-refractivity contribution >= 4 is 29.6 Å². The molecule has 1 aliphatic rings. The normalized spacial score (nSPS) is 18.0. The Morgan fingerprint density at radius 1 is 1.09 bits per heavy atom. The van der Waals surface area contributed by atoms with Crippen molar-refractivity contribution in [2.45, 2.75) is 30.5 Å².